The van der Waals surface area contributed by atoms with Crippen molar-refractivity contribution < 1.29 is 9.13 Å². The number of aromatic nitrogens is 1. The molecular formula is C17H16FNO. The minimum atomic E-state index is -0.282. The van der Waals surface area contributed by atoms with E-state index in [9.17, 15) is 4.39 Å². The number of benzene rings is 2. The average Bonchev–Trinajstić information content (AvgIpc) is 2.75. The van der Waals surface area contributed by atoms with Crippen LogP contribution in [0.1, 0.15) is 11.3 Å². The van der Waals surface area contributed by atoms with Gasteiger partial charge in [0.25, 0.3) is 0 Å². The molecule has 0 bridgehead atoms. The van der Waals surface area contributed by atoms with E-state index in [2.05, 4.69) is 35.8 Å². The van der Waals surface area contributed by atoms with Crippen molar-refractivity contribution in [2.24, 2.45) is 7.05 Å². The molecule has 0 unspecified atom stereocenters. The van der Waals surface area contributed by atoms with Crippen LogP contribution in [0.2, 0.25) is 0 Å². The van der Waals surface area contributed by atoms with Gasteiger partial charge in [0.05, 0.1) is 5.69 Å². The summed E-state index contributed by atoms with van der Waals surface area (Å²) in [7, 11) is 2.02. The fraction of sp³-hybridized carbons (Fsp3) is 0.176. The number of halogens is 1. The molecule has 0 amide bonds. The van der Waals surface area contributed by atoms with Crippen LogP contribution in [-0.2, 0) is 13.7 Å². The first-order chi connectivity index (χ1) is 9.65. The summed E-state index contributed by atoms with van der Waals surface area (Å²) < 4.78 is 20.9. The van der Waals surface area contributed by atoms with Crippen LogP contribution in [-0.4, -0.2) is 4.57 Å². The molecule has 3 aromatic rings. The van der Waals surface area contributed by atoms with Gasteiger partial charge >= 0.3 is 0 Å². The van der Waals surface area contributed by atoms with E-state index in [0.29, 0.717) is 12.4 Å². The Kier molecular flexibility index (Phi) is 3.18. The second kappa shape index (κ2) is 5.00. The van der Waals surface area contributed by atoms with E-state index in [1.54, 1.807) is 12.1 Å². The molecular weight excluding hydrogens is 253 g/mol. The van der Waals surface area contributed by atoms with Crippen molar-refractivity contribution in [2.45, 2.75) is 13.5 Å². The van der Waals surface area contributed by atoms with Crippen molar-refractivity contribution in [3.05, 3.63) is 65.6 Å². The fourth-order valence-electron chi connectivity index (χ4n) is 2.42. The van der Waals surface area contributed by atoms with Gasteiger partial charge in [0.15, 0.2) is 0 Å². The maximum atomic E-state index is 13.1. The zero-order valence-corrected chi connectivity index (χ0v) is 11.6. The second-order valence-electron chi connectivity index (χ2n) is 4.95. The van der Waals surface area contributed by atoms with E-state index in [0.717, 1.165) is 5.69 Å². The number of fused-ring (bicyclic) bond motifs is 1. The maximum Gasteiger partial charge on any atom is 0.128 e. The van der Waals surface area contributed by atoms with E-state index < -0.39 is 0 Å². The highest BCUT2D eigenvalue weighted by molar-refractivity contribution is 5.84. The minimum Gasteiger partial charge on any atom is -0.487 e. The Balaban J connectivity index is 1.88. The molecule has 0 aliphatic heterocycles. The van der Waals surface area contributed by atoms with Gasteiger partial charge in [0.2, 0.25) is 0 Å². The van der Waals surface area contributed by atoms with Crippen LogP contribution in [0.15, 0.2) is 48.5 Å². The molecule has 0 saturated heterocycles. The first-order valence-corrected chi connectivity index (χ1v) is 6.57. The van der Waals surface area contributed by atoms with Gasteiger partial charge in [-0.3, -0.25) is 0 Å². The van der Waals surface area contributed by atoms with Gasteiger partial charge in [0, 0.05) is 24.0 Å². The SMILES string of the molecule is Cc1cccc2c1cc(COc1cccc(F)c1)n2C. The highest BCUT2D eigenvalue weighted by Crippen LogP contribution is 2.23. The normalized spacial score (nSPS) is 10.9. The molecule has 0 aliphatic carbocycles. The summed E-state index contributed by atoms with van der Waals surface area (Å²) >= 11 is 0. The predicted octanol–water partition coefficient (Wildman–Crippen LogP) is 4.20. The molecule has 0 atom stereocenters. The van der Waals surface area contributed by atoms with E-state index in [-0.39, 0.29) is 5.82 Å². The van der Waals surface area contributed by atoms with Gasteiger partial charge in [-0.05, 0) is 36.8 Å². The maximum absolute atomic E-state index is 13.1. The van der Waals surface area contributed by atoms with Gasteiger partial charge in [-0.2, -0.15) is 0 Å². The quantitative estimate of drug-likeness (QED) is 0.695. The first-order valence-electron chi connectivity index (χ1n) is 6.57. The molecule has 1 aromatic heterocycles. The first kappa shape index (κ1) is 12.7. The smallest absolute Gasteiger partial charge is 0.128 e. The van der Waals surface area contributed by atoms with Gasteiger partial charge in [-0.25, -0.2) is 4.39 Å². The lowest BCUT2D eigenvalue weighted by Gasteiger charge is -2.07. The molecule has 0 spiro atoms. The number of aryl methyl sites for hydroxylation is 2. The summed E-state index contributed by atoms with van der Waals surface area (Å²) in [4.78, 5) is 0. The molecule has 20 heavy (non-hydrogen) atoms. The van der Waals surface area contributed by atoms with Crippen molar-refractivity contribution in [1.82, 2.24) is 4.57 Å². The van der Waals surface area contributed by atoms with E-state index in [4.69, 9.17) is 4.74 Å². The Morgan fingerprint density at radius 2 is 1.90 bits per heavy atom. The Morgan fingerprint density at radius 3 is 2.65 bits per heavy atom. The zero-order valence-electron chi connectivity index (χ0n) is 11.6. The molecule has 0 saturated carbocycles. The zero-order chi connectivity index (χ0) is 14.1. The van der Waals surface area contributed by atoms with Gasteiger partial charge in [-0.15, -0.1) is 0 Å². The highest BCUT2D eigenvalue weighted by Gasteiger charge is 2.08. The largest absolute Gasteiger partial charge is 0.487 e. The van der Waals surface area contributed by atoms with Crippen molar-refractivity contribution in [1.29, 1.82) is 0 Å². The predicted molar refractivity (Wildman–Crippen MR) is 78.4 cm³/mol. The number of ether oxygens (including phenoxy) is 1. The molecule has 0 N–H and O–H groups in total. The molecule has 0 aliphatic rings. The molecule has 3 heteroatoms. The number of hydrogen-bond donors (Lipinski definition) is 0. The Bertz CT molecular complexity index is 761. The van der Waals surface area contributed by atoms with Crippen LogP contribution >= 0.6 is 0 Å². The van der Waals surface area contributed by atoms with Gasteiger partial charge in [0.1, 0.15) is 18.2 Å². The van der Waals surface area contributed by atoms with E-state index >= 15 is 0 Å². The summed E-state index contributed by atoms with van der Waals surface area (Å²) in [5.41, 5.74) is 3.50. The van der Waals surface area contributed by atoms with Crippen molar-refractivity contribution >= 4 is 10.9 Å². The summed E-state index contributed by atoms with van der Waals surface area (Å²) in [6, 6.07) is 14.6. The second-order valence-corrected chi connectivity index (χ2v) is 4.95. The molecule has 3 rings (SSSR count). The third-order valence-electron chi connectivity index (χ3n) is 3.59. The summed E-state index contributed by atoms with van der Waals surface area (Å²) in [6.07, 6.45) is 0. The standard InChI is InChI=1S/C17H16FNO/c1-12-5-3-8-17-16(12)10-14(19(17)2)11-20-15-7-4-6-13(18)9-15/h3-10H,11H2,1-2H3. The number of nitrogens with zero attached hydrogens (tertiary/aromatic N) is 1. The third-order valence-corrected chi connectivity index (χ3v) is 3.59. The molecule has 0 radical (unpaired) electrons. The Morgan fingerprint density at radius 1 is 1.10 bits per heavy atom. The average molecular weight is 269 g/mol. The fourth-order valence-corrected chi connectivity index (χ4v) is 2.42. The van der Waals surface area contributed by atoms with Crippen LogP contribution in [0.5, 0.6) is 5.75 Å². The van der Waals surface area contributed by atoms with Crippen LogP contribution in [0.4, 0.5) is 4.39 Å². The molecule has 102 valence electrons. The Labute approximate surface area is 117 Å². The molecule has 0 fully saturated rings. The monoisotopic (exact) mass is 269 g/mol. The Hall–Kier alpha value is -2.29. The van der Waals surface area contributed by atoms with Crippen molar-refractivity contribution in [3.8, 4) is 5.75 Å². The van der Waals surface area contributed by atoms with Crippen LogP contribution in [0.25, 0.3) is 10.9 Å². The number of hydrogen-bond acceptors (Lipinski definition) is 1. The molecule has 1 heterocycles. The van der Waals surface area contributed by atoms with E-state index in [1.165, 1.54) is 28.6 Å². The molecule has 2 nitrogen and oxygen atoms in total. The highest BCUT2D eigenvalue weighted by atomic mass is 19.1. The minimum absolute atomic E-state index is 0.282. The van der Waals surface area contributed by atoms with Gasteiger partial charge in [-0.1, -0.05) is 18.2 Å². The lowest BCUT2D eigenvalue weighted by molar-refractivity contribution is 0.296. The summed E-state index contributed by atoms with van der Waals surface area (Å²) in [6.45, 7) is 2.52. The van der Waals surface area contributed by atoms with Crippen LogP contribution in [0, 0.1) is 12.7 Å². The lowest BCUT2D eigenvalue weighted by Crippen LogP contribution is -2.01. The van der Waals surface area contributed by atoms with Crippen molar-refractivity contribution in [3.63, 3.8) is 0 Å². The van der Waals surface area contributed by atoms with E-state index in [1.807, 2.05) is 7.05 Å². The number of rotatable bonds is 3. The van der Waals surface area contributed by atoms with Crippen molar-refractivity contribution in [2.75, 3.05) is 0 Å². The summed E-state index contributed by atoms with van der Waals surface area (Å²) in [5, 5.41) is 1.23. The summed E-state index contributed by atoms with van der Waals surface area (Å²) in [5.74, 6) is 0.266. The molecule has 2 aromatic carbocycles. The van der Waals surface area contributed by atoms with Gasteiger partial charge < -0.3 is 9.30 Å². The van der Waals surface area contributed by atoms with Crippen LogP contribution < -0.4 is 4.74 Å². The third kappa shape index (κ3) is 2.27. The topological polar surface area (TPSA) is 14.2 Å². The lowest BCUT2D eigenvalue weighted by atomic mass is 10.1. The van der Waals surface area contributed by atoms with Crippen LogP contribution in [0.3, 0.4) is 0 Å².